The average Bonchev–Trinajstić information content (AvgIpc) is 2.98. The topological polar surface area (TPSA) is 158 Å². The van der Waals surface area contributed by atoms with E-state index in [0.717, 1.165) is 11.1 Å². The maximum atomic E-state index is 12.2. The van der Waals surface area contributed by atoms with Gasteiger partial charge in [-0.15, -0.1) is 0 Å². The van der Waals surface area contributed by atoms with Crippen LogP contribution in [0.5, 0.6) is 0 Å². The Morgan fingerprint density at radius 3 is 1.67 bits per heavy atom. The van der Waals surface area contributed by atoms with E-state index in [0.29, 0.717) is 10.6 Å². The van der Waals surface area contributed by atoms with Crippen LogP contribution in [0.15, 0.2) is 91.0 Å². The summed E-state index contributed by atoms with van der Waals surface area (Å²) in [6.07, 6.45) is 0.129. The summed E-state index contributed by atoms with van der Waals surface area (Å²) in [5, 5.41) is 30.1. The standard InChI is InChI=1S/C16H13ClO3.C16H13NO5/c1-10-6-7-11(8-14(10)17)9-15(18)12-4-2-3-5-13(12)16(19)20;18-14(12-3-1-2-4-13(12)16(21)22)17-9-10-5-7-11(8-6-10)15(19)20/h2-8H,9H2,1H3,(H,19,20);1-8H,9H2,(H,17,18)(H,19,20)(H,21,22). The number of ketones is 1. The van der Waals surface area contributed by atoms with Crippen molar-refractivity contribution in [3.8, 4) is 0 Å². The lowest BCUT2D eigenvalue weighted by Crippen LogP contribution is -2.24. The Morgan fingerprint density at radius 1 is 0.643 bits per heavy atom. The molecule has 9 nitrogen and oxygen atoms in total. The number of nitrogens with one attached hydrogen (secondary N) is 1. The third-order valence-electron chi connectivity index (χ3n) is 6.11. The molecule has 0 unspecified atom stereocenters. The van der Waals surface area contributed by atoms with Gasteiger partial charge in [-0.05, 0) is 60.0 Å². The van der Waals surface area contributed by atoms with E-state index in [-0.39, 0.29) is 46.6 Å². The molecule has 4 rings (SSSR count). The zero-order chi connectivity index (χ0) is 30.8. The van der Waals surface area contributed by atoms with E-state index >= 15 is 0 Å². The molecule has 0 aliphatic rings. The molecule has 0 atom stereocenters. The Bertz CT molecular complexity index is 1650. The van der Waals surface area contributed by atoms with E-state index in [1.54, 1.807) is 42.5 Å². The first-order valence-electron chi connectivity index (χ1n) is 12.5. The van der Waals surface area contributed by atoms with Crippen molar-refractivity contribution in [1.82, 2.24) is 5.32 Å². The number of amides is 1. The van der Waals surface area contributed by atoms with Crippen LogP contribution in [0.1, 0.15) is 68.5 Å². The van der Waals surface area contributed by atoms with E-state index in [1.165, 1.54) is 36.4 Å². The molecule has 1 amide bonds. The van der Waals surface area contributed by atoms with Gasteiger partial charge < -0.3 is 20.6 Å². The summed E-state index contributed by atoms with van der Waals surface area (Å²) < 4.78 is 0. The number of aryl methyl sites for hydroxylation is 1. The van der Waals surface area contributed by atoms with Crippen molar-refractivity contribution in [3.63, 3.8) is 0 Å². The zero-order valence-corrected chi connectivity index (χ0v) is 23.1. The maximum Gasteiger partial charge on any atom is 0.336 e. The minimum atomic E-state index is -1.17. The highest BCUT2D eigenvalue weighted by molar-refractivity contribution is 6.31. The van der Waals surface area contributed by atoms with Gasteiger partial charge in [0, 0.05) is 23.6 Å². The molecule has 0 fully saturated rings. The van der Waals surface area contributed by atoms with Gasteiger partial charge in [-0.3, -0.25) is 9.59 Å². The third-order valence-corrected chi connectivity index (χ3v) is 6.52. The number of carbonyl (C=O) groups is 5. The molecule has 4 aromatic carbocycles. The first kappa shape index (κ1) is 31.3. The summed E-state index contributed by atoms with van der Waals surface area (Å²) in [6, 6.07) is 23.6. The van der Waals surface area contributed by atoms with Gasteiger partial charge in [-0.25, -0.2) is 14.4 Å². The third kappa shape index (κ3) is 8.36. The number of Topliss-reactive ketones (excluding diaryl/α,β-unsaturated/α-hetero) is 1. The van der Waals surface area contributed by atoms with E-state index < -0.39 is 23.8 Å². The molecule has 0 aliphatic carbocycles. The Hall–Kier alpha value is -5.28. The molecule has 0 saturated carbocycles. The molecule has 42 heavy (non-hydrogen) atoms. The van der Waals surface area contributed by atoms with Crippen LogP contribution in [0.2, 0.25) is 5.02 Å². The van der Waals surface area contributed by atoms with Gasteiger partial charge in [0.1, 0.15) is 0 Å². The number of hydrogen-bond donors (Lipinski definition) is 4. The molecule has 0 saturated heterocycles. The smallest absolute Gasteiger partial charge is 0.336 e. The van der Waals surface area contributed by atoms with Crippen molar-refractivity contribution in [2.24, 2.45) is 0 Å². The SMILES string of the molecule is Cc1ccc(CC(=O)c2ccccc2C(=O)O)cc1Cl.O=C(O)c1ccc(CNC(=O)c2ccccc2C(=O)O)cc1. The first-order chi connectivity index (χ1) is 20.0. The molecule has 0 aromatic heterocycles. The molecule has 0 aliphatic heterocycles. The van der Waals surface area contributed by atoms with Gasteiger partial charge in [0.25, 0.3) is 5.91 Å². The van der Waals surface area contributed by atoms with Crippen molar-refractivity contribution in [2.45, 2.75) is 19.9 Å². The molecular formula is C32H26ClNO8. The fraction of sp³-hybridized carbons (Fsp3) is 0.0938. The molecule has 0 heterocycles. The molecule has 10 heteroatoms. The second-order valence-electron chi connectivity index (χ2n) is 9.07. The lowest BCUT2D eigenvalue weighted by Gasteiger charge is -2.08. The fourth-order valence-electron chi connectivity index (χ4n) is 3.85. The van der Waals surface area contributed by atoms with Crippen LogP contribution in [0.3, 0.4) is 0 Å². The van der Waals surface area contributed by atoms with E-state index in [4.69, 9.17) is 26.9 Å². The summed E-state index contributed by atoms with van der Waals surface area (Å²) in [7, 11) is 0. The predicted molar refractivity (Wildman–Crippen MR) is 156 cm³/mol. The second kappa shape index (κ2) is 14.4. The number of hydrogen-bond acceptors (Lipinski definition) is 5. The van der Waals surface area contributed by atoms with Crippen LogP contribution >= 0.6 is 11.6 Å². The lowest BCUT2D eigenvalue weighted by atomic mass is 9.98. The van der Waals surface area contributed by atoms with Crippen molar-refractivity contribution >= 4 is 41.2 Å². The Labute approximate surface area is 246 Å². The second-order valence-corrected chi connectivity index (χ2v) is 9.48. The molecular weight excluding hydrogens is 562 g/mol. The van der Waals surface area contributed by atoms with Gasteiger partial charge >= 0.3 is 17.9 Å². The predicted octanol–water partition coefficient (Wildman–Crippen LogP) is 5.79. The monoisotopic (exact) mass is 587 g/mol. The zero-order valence-electron chi connectivity index (χ0n) is 22.3. The van der Waals surface area contributed by atoms with Crippen molar-refractivity contribution in [3.05, 3.63) is 141 Å². The van der Waals surface area contributed by atoms with Gasteiger partial charge in [0.05, 0.1) is 22.3 Å². The number of carbonyl (C=O) groups excluding carboxylic acids is 2. The van der Waals surface area contributed by atoms with Gasteiger partial charge in [-0.2, -0.15) is 0 Å². The largest absolute Gasteiger partial charge is 0.478 e. The van der Waals surface area contributed by atoms with Crippen LogP contribution in [-0.4, -0.2) is 44.9 Å². The van der Waals surface area contributed by atoms with Gasteiger partial charge in [0.15, 0.2) is 5.78 Å². The van der Waals surface area contributed by atoms with Gasteiger partial charge in [-0.1, -0.05) is 66.2 Å². The summed E-state index contributed by atoms with van der Waals surface area (Å²) in [5.41, 5.74) is 2.84. The minimum absolute atomic E-state index is 0.0238. The molecule has 214 valence electrons. The highest BCUT2D eigenvalue weighted by atomic mass is 35.5. The molecule has 0 radical (unpaired) electrons. The van der Waals surface area contributed by atoms with Crippen LogP contribution in [0, 0.1) is 6.92 Å². The number of aromatic carboxylic acids is 3. The van der Waals surface area contributed by atoms with Crippen molar-refractivity contribution in [1.29, 1.82) is 0 Å². The Kier molecular flexibility index (Phi) is 10.7. The summed E-state index contributed by atoms with van der Waals surface area (Å²) in [4.78, 5) is 57.2. The summed E-state index contributed by atoms with van der Waals surface area (Å²) in [6.45, 7) is 2.06. The van der Waals surface area contributed by atoms with E-state index in [9.17, 15) is 24.0 Å². The Balaban J connectivity index is 0.000000231. The first-order valence-corrected chi connectivity index (χ1v) is 12.9. The maximum absolute atomic E-state index is 12.2. The quantitative estimate of drug-likeness (QED) is 0.179. The average molecular weight is 588 g/mol. The highest BCUT2D eigenvalue weighted by Gasteiger charge is 2.17. The molecule has 4 aromatic rings. The minimum Gasteiger partial charge on any atom is -0.478 e. The van der Waals surface area contributed by atoms with Crippen LogP contribution in [0.4, 0.5) is 0 Å². The Morgan fingerprint density at radius 2 is 1.14 bits per heavy atom. The highest BCUT2D eigenvalue weighted by Crippen LogP contribution is 2.19. The summed E-state index contributed by atoms with van der Waals surface area (Å²) in [5.74, 6) is -4.03. The normalized spacial score (nSPS) is 10.1. The van der Waals surface area contributed by atoms with Gasteiger partial charge in [0.2, 0.25) is 0 Å². The number of rotatable bonds is 9. The van der Waals surface area contributed by atoms with Crippen LogP contribution in [0.25, 0.3) is 0 Å². The van der Waals surface area contributed by atoms with Crippen molar-refractivity contribution < 1.29 is 39.3 Å². The van der Waals surface area contributed by atoms with E-state index in [2.05, 4.69) is 5.32 Å². The van der Waals surface area contributed by atoms with Crippen molar-refractivity contribution in [2.75, 3.05) is 0 Å². The number of halogens is 1. The van der Waals surface area contributed by atoms with Crippen LogP contribution < -0.4 is 5.32 Å². The molecule has 0 bridgehead atoms. The summed E-state index contributed by atoms with van der Waals surface area (Å²) >= 11 is 6.02. The number of carboxylic acids is 3. The van der Waals surface area contributed by atoms with E-state index in [1.807, 2.05) is 19.1 Å². The fourth-order valence-corrected chi connectivity index (χ4v) is 4.05. The molecule has 0 spiro atoms. The molecule has 4 N–H and O–H groups in total. The number of benzene rings is 4. The lowest BCUT2D eigenvalue weighted by molar-refractivity contribution is 0.0683. The number of carboxylic acid groups (broad SMARTS) is 3. The van der Waals surface area contributed by atoms with Crippen LogP contribution in [-0.2, 0) is 13.0 Å².